The summed E-state index contributed by atoms with van der Waals surface area (Å²) in [6, 6.07) is 16.3. The molecular weight excluding hydrogens is 278 g/mol. The van der Waals surface area contributed by atoms with Gasteiger partial charge in [-0.05, 0) is 31.2 Å². The molecule has 0 bridgehead atoms. The Balaban J connectivity index is 1.74. The number of anilines is 1. The van der Waals surface area contributed by atoms with Crippen LogP contribution in [-0.2, 0) is 4.79 Å². The van der Waals surface area contributed by atoms with Crippen LogP contribution in [-0.4, -0.2) is 26.6 Å². The molecule has 0 aliphatic carbocycles. The molecule has 0 N–H and O–H groups in total. The zero-order chi connectivity index (χ0) is 15.1. The van der Waals surface area contributed by atoms with Crippen molar-refractivity contribution in [2.75, 3.05) is 5.01 Å². The topological polar surface area (TPSA) is 63.4 Å². The highest BCUT2D eigenvalue weighted by atomic mass is 16.2. The minimum atomic E-state index is -0.590. The van der Waals surface area contributed by atoms with Crippen LogP contribution in [0.5, 0.6) is 0 Å². The third-order valence-corrected chi connectivity index (χ3v) is 3.63. The van der Waals surface area contributed by atoms with E-state index in [9.17, 15) is 4.79 Å². The first-order chi connectivity index (χ1) is 10.7. The second-order valence-electron chi connectivity index (χ2n) is 5.14. The molecule has 0 saturated heterocycles. The van der Waals surface area contributed by atoms with E-state index >= 15 is 0 Å². The fourth-order valence-electron chi connectivity index (χ4n) is 2.57. The highest BCUT2D eigenvalue weighted by Crippen LogP contribution is 2.26. The van der Waals surface area contributed by atoms with Crippen molar-refractivity contribution in [2.24, 2.45) is 5.10 Å². The van der Waals surface area contributed by atoms with E-state index in [1.165, 1.54) is 9.81 Å². The summed E-state index contributed by atoms with van der Waals surface area (Å²) >= 11 is 0. The molecule has 1 aromatic heterocycles. The van der Waals surface area contributed by atoms with Gasteiger partial charge < -0.3 is 0 Å². The lowest BCUT2D eigenvalue weighted by Gasteiger charge is -2.13. The van der Waals surface area contributed by atoms with E-state index in [4.69, 9.17) is 0 Å². The number of carbonyl (C=O) groups is 1. The number of hydrogen-bond donors (Lipinski definition) is 0. The number of benzene rings is 2. The summed E-state index contributed by atoms with van der Waals surface area (Å²) in [5.41, 5.74) is 2.95. The number of para-hydroxylation sites is 1. The van der Waals surface area contributed by atoms with Gasteiger partial charge in [-0.25, -0.2) is 0 Å². The van der Waals surface area contributed by atoms with Crippen molar-refractivity contribution in [3.63, 3.8) is 0 Å². The van der Waals surface area contributed by atoms with Crippen LogP contribution in [0.3, 0.4) is 0 Å². The summed E-state index contributed by atoms with van der Waals surface area (Å²) in [4.78, 5) is 14.2. The summed E-state index contributed by atoms with van der Waals surface area (Å²) < 4.78 is 0. The van der Waals surface area contributed by atoms with Gasteiger partial charge in [0.05, 0.1) is 11.4 Å². The van der Waals surface area contributed by atoms with Gasteiger partial charge in [0, 0.05) is 0 Å². The Labute approximate surface area is 126 Å². The highest BCUT2D eigenvalue weighted by Gasteiger charge is 2.37. The Morgan fingerprint density at radius 1 is 0.909 bits per heavy atom. The number of carbonyl (C=O) groups excluding carboxylic acids is 1. The summed E-state index contributed by atoms with van der Waals surface area (Å²) in [6.07, 6.45) is 0. The quantitative estimate of drug-likeness (QED) is 0.728. The van der Waals surface area contributed by atoms with E-state index in [1.54, 1.807) is 0 Å². The van der Waals surface area contributed by atoms with Gasteiger partial charge in [0.15, 0.2) is 6.04 Å². The van der Waals surface area contributed by atoms with Crippen molar-refractivity contribution in [3.8, 4) is 0 Å². The minimum absolute atomic E-state index is 0.149. The summed E-state index contributed by atoms with van der Waals surface area (Å²) in [7, 11) is 0. The molecular formula is C16H13N5O. The molecule has 6 heteroatoms. The molecule has 6 nitrogen and oxygen atoms in total. The maximum atomic E-state index is 12.7. The Kier molecular flexibility index (Phi) is 2.75. The second-order valence-corrected chi connectivity index (χ2v) is 5.14. The van der Waals surface area contributed by atoms with Gasteiger partial charge in [0.25, 0.3) is 5.91 Å². The van der Waals surface area contributed by atoms with Gasteiger partial charge in [-0.3, -0.25) is 4.79 Å². The number of fused-ring (bicyclic) bond motifs is 1. The first kappa shape index (κ1) is 12.7. The number of hydrazone groups is 1. The standard InChI is InChI=1S/C16H13N5O/c1-11-15(21-18-13-9-5-6-10-14(13)19-21)16(22)20(17-11)12-7-3-2-4-8-12/h2-10,15H,1H3. The third kappa shape index (κ3) is 1.88. The van der Waals surface area contributed by atoms with Gasteiger partial charge in [0.2, 0.25) is 0 Å². The summed E-state index contributed by atoms with van der Waals surface area (Å²) in [5, 5.41) is 14.6. The van der Waals surface area contributed by atoms with E-state index in [1.807, 2.05) is 61.5 Å². The molecule has 0 fully saturated rings. The molecule has 0 spiro atoms. The number of amides is 1. The smallest absolute Gasteiger partial charge is 0.269 e. The largest absolute Gasteiger partial charge is 0.280 e. The van der Waals surface area contributed by atoms with Crippen LogP contribution in [0, 0.1) is 0 Å². The van der Waals surface area contributed by atoms with Crippen LogP contribution in [0.4, 0.5) is 5.69 Å². The first-order valence-corrected chi connectivity index (χ1v) is 7.00. The van der Waals surface area contributed by atoms with Gasteiger partial charge in [-0.2, -0.15) is 25.1 Å². The molecule has 1 aliphatic heterocycles. The maximum absolute atomic E-state index is 12.7. The Morgan fingerprint density at radius 3 is 2.14 bits per heavy atom. The third-order valence-electron chi connectivity index (χ3n) is 3.63. The molecule has 0 saturated carbocycles. The van der Waals surface area contributed by atoms with Gasteiger partial charge in [0.1, 0.15) is 11.0 Å². The van der Waals surface area contributed by atoms with Crippen LogP contribution in [0.2, 0.25) is 0 Å². The minimum Gasteiger partial charge on any atom is -0.269 e. The van der Waals surface area contributed by atoms with Crippen molar-refractivity contribution in [2.45, 2.75) is 13.0 Å². The van der Waals surface area contributed by atoms with E-state index < -0.39 is 6.04 Å². The molecule has 22 heavy (non-hydrogen) atoms. The number of rotatable bonds is 2. The normalized spacial score (nSPS) is 18.0. The fraction of sp³-hybridized carbons (Fsp3) is 0.125. The van der Waals surface area contributed by atoms with E-state index in [0.29, 0.717) is 5.71 Å². The van der Waals surface area contributed by atoms with Crippen molar-refractivity contribution in [3.05, 3.63) is 54.6 Å². The molecule has 1 atom stereocenters. The van der Waals surface area contributed by atoms with Gasteiger partial charge in [-0.1, -0.05) is 30.3 Å². The number of hydrogen-bond acceptors (Lipinski definition) is 4. The number of nitrogens with zero attached hydrogens (tertiary/aromatic N) is 5. The average Bonchev–Trinajstić information content (AvgIpc) is 3.08. The Morgan fingerprint density at radius 2 is 1.50 bits per heavy atom. The van der Waals surface area contributed by atoms with Crippen LogP contribution in [0.15, 0.2) is 59.7 Å². The molecule has 0 radical (unpaired) electrons. The van der Waals surface area contributed by atoms with Crippen molar-refractivity contribution in [1.29, 1.82) is 0 Å². The van der Waals surface area contributed by atoms with Gasteiger partial charge in [-0.15, -0.1) is 0 Å². The molecule has 2 aromatic carbocycles. The monoisotopic (exact) mass is 291 g/mol. The second kappa shape index (κ2) is 4.77. The van der Waals surface area contributed by atoms with Crippen molar-refractivity contribution in [1.82, 2.24) is 15.0 Å². The molecule has 1 amide bonds. The summed E-state index contributed by atoms with van der Waals surface area (Å²) in [6.45, 7) is 1.82. The lowest BCUT2D eigenvalue weighted by atomic mass is 10.2. The SMILES string of the molecule is CC1=NN(c2ccccc2)C(=O)C1n1nc2ccccc2n1. The van der Waals surface area contributed by atoms with Crippen LogP contribution in [0.25, 0.3) is 11.0 Å². The molecule has 1 aliphatic rings. The molecule has 1 unspecified atom stereocenters. The molecule has 108 valence electrons. The molecule has 4 rings (SSSR count). The Hall–Kier alpha value is -3.02. The Bertz CT molecular complexity index is 851. The lowest BCUT2D eigenvalue weighted by Crippen LogP contribution is -2.30. The van der Waals surface area contributed by atoms with E-state index in [-0.39, 0.29) is 5.91 Å². The average molecular weight is 291 g/mol. The van der Waals surface area contributed by atoms with Gasteiger partial charge >= 0.3 is 0 Å². The highest BCUT2D eigenvalue weighted by molar-refractivity contribution is 6.16. The van der Waals surface area contributed by atoms with Crippen molar-refractivity contribution < 1.29 is 4.79 Å². The lowest BCUT2D eigenvalue weighted by molar-refractivity contribution is -0.119. The zero-order valence-corrected chi connectivity index (χ0v) is 11.9. The zero-order valence-electron chi connectivity index (χ0n) is 11.9. The van der Waals surface area contributed by atoms with Crippen LogP contribution >= 0.6 is 0 Å². The molecule has 2 heterocycles. The van der Waals surface area contributed by atoms with Crippen LogP contribution < -0.4 is 5.01 Å². The molecule has 3 aromatic rings. The van der Waals surface area contributed by atoms with Crippen molar-refractivity contribution >= 4 is 28.3 Å². The predicted molar refractivity (Wildman–Crippen MR) is 83.6 cm³/mol. The van der Waals surface area contributed by atoms with E-state index in [2.05, 4.69) is 15.3 Å². The van der Waals surface area contributed by atoms with E-state index in [0.717, 1.165) is 16.7 Å². The van der Waals surface area contributed by atoms with Crippen LogP contribution in [0.1, 0.15) is 13.0 Å². The summed E-state index contributed by atoms with van der Waals surface area (Å²) in [5.74, 6) is -0.149. The predicted octanol–water partition coefficient (Wildman–Crippen LogP) is 2.40. The number of aromatic nitrogens is 3. The fourth-order valence-corrected chi connectivity index (χ4v) is 2.57. The first-order valence-electron chi connectivity index (χ1n) is 7.00. The maximum Gasteiger partial charge on any atom is 0.280 e.